The van der Waals surface area contributed by atoms with Crippen LogP contribution < -0.4 is 5.32 Å². The lowest BCUT2D eigenvalue weighted by atomic mass is 10.1. The van der Waals surface area contributed by atoms with Gasteiger partial charge in [-0.15, -0.1) is 0 Å². The van der Waals surface area contributed by atoms with E-state index in [-0.39, 0.29) is 12.5 Å². The quantitative estimate of drug-likeness (QED) is 0.565. The molecule has 0 fully saturated rings. The third-order valence-electron chi connectivity index (χ3n) is 4.02. The fraction of sp³-hybridized carbons (Fsp3) is 0.421. The number of methoxy groups -OCH3 is 1. The van der Waals surface area contributed by atoms with Crippen molar-refractivity contribution >= 4 is 5.91 Å². The average molecular weight is 385 g/mol. The maximum absolute atomic E-state index is 11.9. The molecule has 0 saturated carbocycles. The molecule has 0 saturated heterocycles. The van der Waals surface area contributed by atoms with Crippen LogP contribution in [0.25, 0.3) is 11.4 Å². The fourth-order valence-electron chi connectivity index (χ4n) is 2.55. The van der Waals surface area contributed by atoms with Gasteiger partial charge in [-0.3, -0.25) is 4.79 Å². The number of hydrogen-bond donors (Lipinski definition) is 1. The summed E-state index contributed by atoms with van der Waals surface area (Å²) in [6.07, 6.45) is 2.06. The van der Waals surface area contributed by atoms with E-state index >= 15 is 0 Å². The van der Waals surface area contributed by atoms with E-state index in [9.17, 15) is 4.79 Å². The van der Waals surface area contributed by atoms with Gasteiger partial charge in [-0.2, -0.15) is 9.97 Å². The lowest BCUT2D eigenvalue weighted by Gasteiger charge is -2.02. The zero-order chi connectivity index (χ0) is 19.8. The highest BCUT2D eigenvalue weighted by molar-refractivity contribution is 5.75. The standard InChI is InChI=1S/C19H23N5O4/c1-13-6-8-14(9-7-13)19-22-17(27-24-19)5-3-4-16(25)20-11-10-15-21-18(12-26-2)28-23-15/h6-9H,3-5,10-12H2,1-2H3,(H,20,25). The predicted octanol–water partition coefficient (Wildman–Crippen LogP) is 2.26. The highest BCUT2D eigenvalue weighted by Gasteiger charge is 2.10. The van der Waals surface area contributed by atoms with Crippen LogP contribution in [0.5, 0.6) is 0 Å². The Labute approximate surface area is 162 Å². The van der Waals surface area contributed by atoms with Crippen LogP contribution in [0.4, 0.5) is 0 Å². The topological polar surface area (TPSA) is 116 Å². The summed E-state index contributed by atoms with van der Waals surface area (Å²) in [4.78, 5) is 20.5. The number of aromatic nitrogens is 4. The predicted molar refractivity (Wildman–Crippen MR) is 99.1 cm³/mol. The van der Waals surface area contributed by atoms with Gasteiger partial charge in [0.1, 0.15) is 6.61 Å². The summed E-state index contributed by atoms with van der Waals surface area (Å²) in [6, 6.07) is 7.92. The number of benzene rings is 1. The van der Waals surface area contributed by atoms with Crippen molar-refractivity contribution in [3.05, 3.63) is 47.4 Å². The van der Waals surface area contributed by atoms with Gasteiger partial charge in [-0.05, 0) is 13.3 Å². The number of hydrogen-bond acceptors (Lipinski definition) is 8. The smallest absolute Gasteiger partial charge is 0.252 e. The van der Waals surface area contributed by atoms with E-state index in [0.29, 0.717) is 55.7 Å². The van der Waals surface area contributed by atoms with E-state index in [0.717, 1.165) is 5.56 Å². The van der Waals surface area contributed by atoms with Gasteiger partial charge in [-0.25, -0.2) is 0 Å². The summed E-state index contributed by atoms with van der Waals surface area (Å²) in [7, 11) is 1.56. The maximum Gasteiger partial charge on any atom is 0.252 e. The molecule has 0 aliphatic carbocycles. The Morgan fingerprint density at radius 1 is 1.07 bits per heavy atom. The Morgan fingerprint density at radius 3 is 2.64 bits per heavy atom. The minimum absolute atomic E-state index is 0.0427. The molecule has 9 nitrogen and oxygen atoms in total. The van der Waals surface area contributed by atoms with Gasteiger partial charge in [0.25, 0.3) is 5.89 Å². The number of nitrogens with one attached hydrogen (secondary N) is 1. The highest BCUT2D eigenvalue weighted by Crippen LogP contribution is 2.17. The Morgan fingerprint density at radius 2 is 1.86 bits per heavy atom. The Bertz CT molecular complexity index is 888. The second kappa shape index (κ2) is 9.75. The average Bonchev–Trinajstić information content (AvgIpc) is 3.33. The van der Waals surface area contributed by atoms with Gasteiger partial charge in [0.2, 0.25) is 17.6 Å². The van der Waals surface area contributed by atoms with Crippen LogP contribution in [0.15, 0.2) is 33.3 Å². The first-order valence-corrected chi connectivity index (χ1v) is 9.11. The van der Waals surface area contributed by atoms with Crippen molar-refractivity contribution in [3.63, 3.8) is 0 Å². The van der Waals surface area contributed by atoms with Gasteiger partial charge in [-0.1, -0.05) is 40.1 Å². The van der Waals surface area contributed by atoms with Crippen LogP contribution in [0.3, 0.4) is 0 Å². The maximum atomic E-state index is 11.9. The van der Waals surface area contributed by atoms with Crippen LogP contribution >= 0.6 is 0 Å². The van der Waals surface area contributed by atoms with Crippen LogP contribution in [0, 0.1) is 6.92 Å². The molecule has 1 aromatic carbocycles. The van der Waals surface area contributed by atoms with Crippen molar-refractivity contribution < 1.29 is 18.6 Å². The SMILES string of the molecule is COCc1nc(CCNC(=O)CCCc2nc(-c3ccc(C)cc3)no2)no1. The van der Waals surface area contributed by atoms with E-state index in [1.54, 1.807) is 7.11 Å². The van der Waals surface area contributed by atoms with E-state index in [2.05, 4.69) is 25.6 Å². The Balaban J connectivity index is 1.35. The van der Waals surface area contributed by atoms with Crippen molar-refractivity contribution in [2.45, 2.75) is 39.2 Å². The molecular formula is C19H23N5O4. The molecule has 0 unspecified atom stereocenters. The molecule has 3 rings (SSSR count). The first kappa shape index (κ1) is 19.7. The van der Waals surface area contributed by atoms with Crippen LogP contribution in [0.2, 0.25) is 0 Å². The Hall–Kier alpha value is -3.07. The minimum Gasteiger partial charge on any atom is -0.375 e. The summed E-state index contributed by atoms with van der Waals surface area (Å²) in [5.41, 5.74) is 2.08. The molecule has 28 heavy (non-hydrogen) atoms. The zero-order valence-electron chi connectivity index (χ0n) is 16.0. The number of carbonyl (C=O) groups is 1. The summed E-state index contributed by atoms with van der Waals surface area (Å²) in [6.45, 7) is 2.75. The minimum atomic E-state index is -0.0427. The van der Waals surface area contributed by atoms with Gasteiger partial charge in [0.05, 0.1) is 0 Å². The third-order valence-corrected chi connectivity index (χ3v) is 4.02. The van der Waals surface area contributed by atoms with E-state index in [4.69, 9.17) is 13.8 Å². The van der Waals surface area contributed by atoms with Crippen LogP contribution in [-0.4, -0.2) is 39.8 Å². The van der Waals surface area contributed by atoms with E-state index in [1.807, 2.05) is 31.2 Å². The largest absolute Gasteiger partial charge is 0.375 e. The molecule has 0 spiro atoms. The van der Waals surface area contributed by atoms with Gasteiger partial charge in [0, 0.05) is 38.5 Å². The van der Waals surface area contributed by atoms with Gasteiger partial charge >= 0.3 is 0 Å². The first-order valence-electron chi connectivity index (χ1n) is 9.11. The molecule has 1 N–H and O–H groups in total. The number of nitrogens with zero attached hydrogens (tertiary/aromatic N) is 4. The summed E-state index contributed by atoms with van der Waals surface area (Å²) in [5, 5.41) is 10.7. The molecule has 1 amide bonds. The second-order valence-electron chi connectivity index (χ2n) is 6.37. The number of amides is 1. The lowest BCUT2D eigenvalue weighted by molar-refractivity contribution is -0.121. The van der Waals surface area contributed by atoms with Crippen molar-refractivity contribution in [3.8, 4) is 11.4 Å². The molecule has 9 heteroatoms. The zero-order valence-corrected chi connectivity index (χ0v) is 16.0. The summed E-state index contributed by atoms with van der Waals surface area (Å²) >= 11 is 0. The molecule has 0 atom stereocenters. The van der Waals surface area contributed by atoms with Gasteiger partial charge in [0.15, 0.2) is 5.82 Å². The highest BCUT2D eigenvalue weighted by atomic mass is 16.5. The Kier molecular flexibility index (Phi) is 6.85. The van der Waals surface area contributed by atoms with Crippen molar-refractivity contribution in [1.29, 1.82) is 0 Å². The molecule has 0 radical (unpaired) electrons. The van der Waals surface area contributed by atoms with Crippen LogP contribution in [-0.2, 0) is 29.0 Å². The lowest BCUT2D eigenvalue weighted by Crippen LogP contribution is -2.25. The first-order chi connectivity index (χ1) is 13.6. The monoisotopic (exact) mass is 385 g/mol. The molecule has 148 valence electrons. The molecule has 3 aromatic rings. The third kappa shape index (κ3) is 5.71. The van der Waals surface area contributed by atoms with Crippen molar-refractivity contribution in [2.24, 2.45) is 0 Å². The number of aryl methyl sites for hydroxylation is 2. The number of ether oxygens (including phenoxy) is 1. The van der Waals surface area contributed by atoms with Gasteiger partial charge < -0.3 is 19.1 Å². The van der Waals surface area contributed by atoms with Crippen LogP contribution in [0.1, 0.15) is 36.0 Å². The summed E-state index contributed by atoms with van der Waals surface area (Å²) < 4.78 is 15.2. The van der Waals surface area contributed by atoms with Crippen molar-refractivity contribution in [2.75, 3.05) is 13.7 Å². The molecule has 0 aliphatic heterocycles. The normalized spacial score (nSPS) is 10.9. The molecular weight excluding hydrogens is 362 g/mol. The number of carbonyl (C=O) groups excluding carboxylic acids is 1. The molecule has 0 aliphatic rings. The van der Waals surface area contributed by atoms with E-state index in [1.165, 1.54) is 5.56 Å². The summed E-state index contributed by atoms with van der Waals surface area (Å²) in [5.74, 6) is 2.02. The molecule has 0 bridgehead atoms. The fourth-order valence-corrected chi connectivity index (χ4v) is 2.55. The number of rotatable bonds is 10. The molecule has 2 heterocycles. The second-order valence-corrected chi connectivity index (χ2v) is 6.37. The van der Waals surface area contributed by atoms with E-state index < -0.39 is 0 Å². The molecule has 2 aromatic heterocycles. The van der Waals surface area contributed by atoms with Crippen molar-refractivity contribution in [1.82, 2.24) is 25.6 Å².